The first-order valence-corrected chi connectivity index (χ1v) is 8.58. The molecule has 0 saturated heterocycles. The van der Waals surface area contributed by atoms with Crippen LogP contribution in [0.3, 0.4) is 0 Å². The van der Waals surface area contributed by atoms with Crippen molar-refractivity contribution in [2.24, 2.45) is 0 Å². The van der Waals surface area contributed by atoms with Gasteiger partial charge >= 0.3 is 0 Å². The maximum Gasteiger partial charge on any atom is 0.123 e. The highest BCUT2D eigenvalue weighted by molar-refractivity contribution is 7.80. The fourth-order valence-electron chi connectivity index (χ4n) is 2.82. The zero-order chi connectivity index (χ0) is 16.7. The molecule has 2 nitrogen and oxygen atoms in total. The van der Waals surface area contributed by atoms with E-state index in [1.807, 2.05) is 23.6 Å². The van der Waals surface area contributed by atoms with E-state index in [4.69, 9.17) is 23.6 Å². The quantitative estimate of drug-likeness (QED) is 0.492. The summed E-state index contributed by atoms with van der Waals surface area (Å²) < 4.78 is 13.3. The van der Waals surface area contributed by atoms with Crippen molar-refractivity contribution in [1.29, 1.82) is 0 Å². The molecule has 116 valence electrons. The smallest absolute Gasteiger partial charge is 0.123 e. The molecule has 0 N–H and O–H groups in total. The Bertz CT molecular complexity index is 970. The Kier molecular flexibility index (Phi) is 3.64. The summed E-state index contributed by atoms with van der Waals surface area (Å²) in [6, 6.07) is 15.0. The summed E-state index contributed by atoms with van der Waals surface area (Å²) in [5.74, 6) is -0.268. The van der Waals surface area contributed by atoms with E-state index >= 15 is 0 Å². The van der Waals surface area contributed by atoms with Crippen LogP contribution in [0, 0.1) is 18.3 Å². The number of pyridine rings is 1. The van der Waals surface area contributed by atoms with Gasteiger partial charge in [-0.15, -0.1) is 11.3 Å². The predicted molar refractivity (Wildman–Crippen MR) is 99.0 cm³/mol. The van der Waals surface area contributed by atoms with E-state index in [1.165, 1.54) is 12.1 Å². The number of hydrogen-bond donors (Lipinski definition) is 0. The minimum absolute atomic E-state index is 0.268. The number of nitrogens with zero attached hydrogens (tertiary/aromatic N) is 2. The van der Waals surface area contributed by atoms with Crippen LogP contribution in [-0.4, -0.2) is 14.9 Å². The number of benzene rings is 1. The molecule has 4 rings (SSSR count). The first-order valence-electron chi connectivity index (χ1n) is 7.29. The van der Waals surface area contributed by atoms with Crippen molar-refractivity contribution >= 4 is 28.5 Å². The summed E-state index contributed by atoms with van der Waals surface area (Å²) in [7, 11) is 0. The van der Waals surface area contributed by atoms with Gasteiger partial charge in [0, 0.05) is 11.6 Å². The van der Waals surface area contributed by atoms with E-state index in [9.17, 15) is 4.39 Å². The lowest BCUT2D eigenvalue weighted by Crippen LogP contribution is -2.16. The van der Waals surface area contributed by atoms with Crippen LogP contribution in [0.4, 0.5) is 4.39 Å². The van der Waals surface area contributed by atoms with Crippen LogP contribution < -0.4 is 0 Å². The minimum atomic E-state index is -0.268. The molecule has 0 spiro atoms. The molecule has 0 fully saturated rings. The normalized spacial score (nSPS) is 13.0. The number of thiophene rings is 1. The maximum atomic E-state index is 13.3. The van der Waals surface area contributed by atoms with Gasteiger partial charge in [0.15, 0.2) is 0 Å². The van der Waals surface area contributed by atoms with Crippen LogP contribution in [0.2, 0.25) is 0 Å². The molecule has 3 heterocycles. The third kappa shape index (κ3) is 2.41. The van der Waals surface area contributed by atoms with Crippen molar-refractivity contribution in [2.75, 3.05) is 0 Å². The standard InChI is InChI=1S/C19H11FN2S2/c1-2-22-11-16-18(19(22)23)14(12-5-7-13(20)8-6-12)10-15(21-16)17-4-3-9-24-17/h1,3-10H,11H2. The van der Waals surface area contributed by atoms with Gasteiger partial charge in [-0.05, 0) is 40.8 Å². The van der Waals surface area contributed by atoms with E-state index in [1.54, 1.807) is 28.4 Å². The Hall–Kier alpha value is -2.55. The van der Waals surface area contributed by atoms with Crippen molar-refractivity contribution in [3.8, 4) is 34.2 Å². The maximum absolute atomic E-state index is 13.3. The van der Waals surface area contributed by atoms with Crippen molar-refractivity contribution in [1.82, 2.24) is 9.88 Å². The Morgan fingerprint density at radius 3 is 2.71 bits per heavy atom. The second-order valence-corrected chi connectivity index (χ2v) is 6.72. The molecular weight excluding hydrogens is 339 g/mol. The summed E-state index contributed by atoms with van der Waals surface area (Å²) in [6.45, 7) is 0.498. The van der Waals surface area contributed by atoms with Crippen molar-refractivity contribution in [2.45, 2.75) is 6.54 Å². The average Bonchev–Trinajstić information content (AvgIpc) is 3.23. The lowest BCUT2D eigenvalue weighted by Gasteiger charge is -2.11. The zero-order valence-electron chi connectivity index (χ0n) is 12.5. The monoisotopic (exact) mass is 350 g/mol. The molecule has 0 bridgehead atoms. The predicted octanol–water partition coefficient (Wildman–Crippen LogP) is 4.70. The summed E-state index contributed by atoms with van der Waals surface area (Å²) in [6.07, 6.45) is 5.56. The number of thiocarbonyl (C=S) groups is 1. The van der Waals surface area contributed by atoms with E-state index < -0.39 is 0 Å². The Morgan fingerprint density at radius 2 is 2.04 bits per heavy atom. The SMILES string of the molecule is C#CN1Cc2nc(-c3cccs3)cc(-c3ccc(F)cc3)c2C1=S. The van der Waals surface area contributed by atoms with Gasteiger partial charge in [-0.25, -0.2) is 9.37 Å². The fraction of sp³-hybridized carbons (Fsp3) is 0.0526. The molecule has 0 aliphatic carbocycles. The number of aromatic nitrogens is 1. The van der Waals surface area contributed by atoms with Gasteiger partial charge in [0.05, 0.1) is 22.8 Å². The third-order valence-corrected chi connectivity index (χ3v) is 5.26. The highest BCUT2D eigenvalue weighted by atomic mass is 32.1. The minimum Gasteiger partial charge on any atom is -0.285 e. The van der Waals surface area contributed by atoms with Crippen LogP contribution >= 0.6 is 23.6 Å². The van der Waals surface area contributed by atoms with Crippen molar-refractivity contribution in [3.05, 3.63) is 64.9 Å². The number of fused-ring (bicyclic) bond motifs is 1. The molecule has 2 aromatic heterocycles. The van der Waals surface area contributed by atoms with Gasteiger partial charge in [-0.2, -0.15) is 0 Å². The topological polar surface area (TPSA) is 16.1 Å². The van der Waals surface area contributed by atoms with E-state index in [0.29, 0.717) is 11.5 Å². The van der Waals surface area contributed by atoms with Gasteiger partial charge < -0.3 is 0 Å². The summed E-state index contributed by atoms with van der Waals surface area (Å²) in [5.41, 5.74) is 4.45. The molecule has 24 heavy (non-hydrogen) atoms. The molecule has 0 unspecified atom stereocenters. The van der Waals surface area contributed by atoms with Gasteiger partial charge in [-0.1, -0.05) is 36.8 Å². The lowest BCUT2D eigenvalue weighted by molar-refractivity contribution is 0.610. The zero-order valence-corrected chi connectivity index (χ0v) is 14.1. The van der Waals surface area contributed by atoms with Crippen LogP contribution in [0.1, 0.15) is 11.3 Å². The summed E-state index contributed by atoms with van der Waals surface area (Å²) >= 11 is 7.15. The highest BCUT2D eigenvalue weighted by Gasteiger charge is 2.28. The summed E-state index contributed by atoms with van der Waals surface area (Å²) in [5, 5.41) is 2.01. The molecular formula is C19H11FN2S2. The molecule has 1 aliphatic rings. The molecule has 1 aromatic carbocycles. The highest BCUT2D eigenvalue weighted by Crippen LogP contribution is 2.36. The first kappa shape index (κ1) is 15.0. The van der Waals surface area contributed by atoms with Crippen LogP contribution in [0.25, 0.3) is 21.7 Å². The van der Waals surface area contributed by atoms with Crippen LogP contribution in [0.5, 0.6) is 0 Å². The number of halogens is 1. The fourth-order valence-corrected chi connectivity index (χ4v) is 3.85. The average molecular weight is 350 g/mol. The molecule has 1 aliphatic heterocycles. The van der Waals surface area contributed by atoms with Crippen molar-refractivity contribution < 1.29 is 4.39 Å². The van der Waals surface area contributed by atoms with Crippen LogP contribution in [0.15, 0.2) is 47.8 Å². The number of hydrogen-bond acceptors (Lipinski definition) is 3. The van der Waals surface area contributed by atoms with Gasteiger partial charge in [0.25, 0.3) is 0 Å². The van der Waals surface area contributed by atoms with E-state index in [2.05, 4.69) is 6.04 Å². The van der Waals surface area contributed by atoms with Gasteiger partial charge in [-0.3, -0.25) is 4.90 Å². The molecule has 0 amide bonds. The first-order chi connectivity index (χ1) is 11.7. The largest absolute Gasteiger partial charge is 0.285 e. The molecule has 0 radical (unpaired) electrons. The molecule has 0 saturated carbocycles. The van der Waals surface area contributed by atoms with Crippen LogP contribution in [-0.2, 0) is 6.54 Å². The Balaban J connectivity index is 1.96. The molecule has 3 aromatic rings. The third-order valence-electron chi connectivity index (χ3n) is 3.95. The number of terminal acetylenes is 1. The van der Waals surface area contributed by atoms with Gasteiger partial charge in [0.1, 0.15) is 10.8 Å². The second kappa shape index (κ2) is 5.82. The van der Waals surface area contributed by atoms with Crippen molar-refractivity contribution in [3.63, 3.8) is 0 Å². The van der Waals surface area contributed by atoms with E-state index in [-0.39, 0.29) is 5.82 Å². The number of rotatable bonds is 2. The van der Waals surface area contributed by atoms with E-state index in [0.717, 1.165) is 33.0 Å². The summed E-state index contributed by atoms with van der Waals surface area (Å²) in [4.78, 5) is 8.11. The molecule has 0 atom stereocenters. The van der Waals surface area contributed by atoms with Gasteiger partial charge in [0.2, 0.25) is 0 Å². The Labute approximate surface area is 148 Å². The Morgan fingerprint density at radius 1 is 1.25 bits per heavy atom. The second-order valence-electron chi connectivity index (χ2n) is 5.38. The molecule has 5 heteroatoms. The lowest BCUT2D eigenvalue weighted by atomic mass is 9.98.